The van der Waals surface area contributed by atoms with Gasteiger partial charge in [-0.3, -0.25) is 14.5 Å². The average molecular weight is 1210 g/mol. The summed E-state index contributed by atoms with van der Waals surface area (Å²) >= 11 is 5.51. The van der Waals surface area contributed by atoms with Gasteiger partial charge in [0.15, 0.2) is 34.1 Å². The normalized spacial score (nSPS) is 15.5. The van der Waals surface area contributed by atoms with E-state index in [0.717, 1.165) is 31.2 Å². The number of aliphatic carboxylic acids is 1. The number of rotatable bonds is 20. The molecule has 5 heterocycles. The highest BCUT2D eigenvalue weighted by molar-refractivity contribution is 8.02. The smallest absolute Gasteiger partial charge is 0.430 e. The van der Waals surface area contributed by atoms with Crippen LogP contribution in [-0.4, -0.2) is 104 Å². The maximum absolute atomic E-state index is 14.8. The molecule has 434 valence electrons. The zero-order valence-corrected chi connectivity index (χ0v) is 48.7. The number of carbonyl (C=O) groups is 5. The Kier molecular flexibility index (Phi) is 19.3. The number of thiazole rings is 2. The molecule has 1 fully saturated rings. The van der Waals surface area contributed by atoms with E-state index >= 15 is 0 Å². The van der Waals surface area contributed by atoms with Gasteiger partial charge in [0.2, 0.25) is 5.60 Å². The fraction of sp³-hybridized carbons (Fsp3) is 0.293. The van der Waals surface area contributed by atoms with Gasteiger partial charge < -0.3 is 39.6 Å². The number of aryl methyl sites for hydroxylation is 1. The Morgan fingerprint density at radius 1 is 0.867 bits per heavy atom. The second-order valence-electron chi connectivity index (χ2n) is 20.0. The fourth-order valence-electron chi connectivity index (χ4n) is 8.46. The lowest BCUT2D eigenvalue weighted by Gasteiger charge is -2.49. The van der Waals surface area contributed by atoms with Gasteiger partial charge in [-0.05, 0) is 74.6 Å². The lowest BCUT2D eigenvalue weighted by molar-refractivity contribution is -0.695. The molecule has 0 aliphatic carbocycles. The van der Waals surface area contributed by atoms with E-state index in [-0.39, 0.29) is 30.3 Å². The molecule has 17 nitrogen and oxygen atoms in total. The lowest BCUT2D eigenvalue weighted by atomic mass is 9.77. The first kappa shape index (κ1) is 61.2. The summed E-state index contributed by atoms with van der Waals surface area (Å²) in [6.07, 6.45) is -1.59. The second-order valence-corrected chi connectivity index (χ2v) is 24.2. The van der Waals surface area contributed by atoms with Crippen molar-refractivity contribution >= 4 is 97.0 Å². The summed E-state index contributed by atoms with van der Waals surface area (Å²) in [5.41, 5.74) is 1.27. The number of hydrogen-bond donors (Lipinski definition) is 2. The van der Waals surface area contributed by atoms with Crippen LogP contribution in [0.3, 0.4) is 0 Å². The maximum Gasteiger partial charge on any atom is 0.430 e. The quantitative estimate of drug-likeness (QED) is 0.0107. The minimum Gasteiger partial charge on any atom is -0.542 e. The molecule has 2 atom stereocenters. The third kappa shape index (κ3) is 14.7. The summed E-state index contributed by atoms with van der Waals surface area (Å²) < 4.78 is 64.9. The highest BCUT2D eigenvalue weighted by Gasteiger charge is 2.55. The Balaban J connectivity index is 0.00000121. The van der Waals surface area contributed by atoms with Gasteiger partial charge in [0.1, 0.15) is 64.5 Å². The number of anilines is 1. The number of pyridine rings is 1. The minimum absolute atomic E-state index is 0.0728. The molecule has 7 aromatic rings. The van der Waals surface area contributed by atoms with Crippen molar-refractivity contribution in [2.45, 2.75) is 86.4 Å². The van der Waals surface area contributed by atoms with Gasteiger partial charge in [-0.15, -0.1) is 34.4 Å². The fourth-order valence-corrected chi connectivity index (χ4v) is 12.7. The molecule has 9 rings (SSSR count). The third-order valence-corrected chi connectivity index (χ3v) is 16.9. The van der Waals surface area contributed by atoms with Crippen LogP contribution >= 0.6 is 46.2 Å². The molecule has 2 N–H and O–H groups in total. The molecule has 25 heteroatoms. The van der Waals surface area contributed by atoms with E-state index in [1.807, 2.05) is 103 Å². The topological polar surface area (TPSA) is 215 Å². The number of carboxylic acid groups (broad SMARTS) is 1. The molecule has 0 bridgehead atoms. The summed E-state index contributed by atoms with van der Waals surface area (Å²) in [5, 5.41) is 21.1. The highest BCUT2D eigenvalue weighted by Crippen LogP contribution is 2.44. The third-order valence-electron chi connectivity index (χ3n) is 12.5. The summed E-state index contributed by atoms with van der Waals surface area (Å²) in [6, 6.07) is 37.8. The lowest BCUT2D eigenvalue weighted by Crippen LogP contribution is -2.71. The van der Waals surface area contributed by atoms with Gasteiger partial charge in [-0.2, -0.15) is 13.2 Å². The number of carboxylic acids is 1. The molecule has 3 aromatic heterocycles. The Labute approximate surface area is 491 Å². The Morgan fingerprint density at radius 3 is 2.02 bits per heavy atom. The maximum atomic E-state index is 14.8. The van der Waals surface area contributed by atoms with Crippen molar-refractivity contribution in [1.82, 2.24) is 20.2 Å². The molecule has 4 aromatic carbocycles. The number of nitrogens with one attached hydrogen (secondary N) is 2. The van der Waals surface area contributed by atoms with Crippen LogP contribution in [-0.2, 0) is 57.0 Å². The van der Waals surface area contributed by atoms with Crippen molar-refractivity contribution < 1.29 is 70.3 Å². The molecule has 1 unspecified atom stereocenters. The first-order chi connectivity index (χ1) is 39.5. The number of fused-ring (bicyclic) bond motifs is 2. The molecule has 2 aliphatic rings. The molecule has 0 spiro atoms. The number of nitrogens with zero attached hydrogens (tertiary/aromatic N) is 5. The van der Waals surface area contributed by atoms with Crippen molar-refractivity contribution in [2.75, 3.05) is 30.6 Å². The van der Waals surface area contributed by atoms with E-state index in [1.54, 1.807) is 68.3 Å². The average Bonchev–Trinajstić information content (AvgIpc) is 3.82. The standard InChI is InChI=1S/C56H54FN7O8S4.C2HF3O2/c1-54(2,3)71-51(68)55(4,5)72-62-44(42-34-74-52(58-42)61-56(37-16-10-7-11-17-37,38-18-12-8-13-19-38)39-20-14-9-15-21-39)47(65)60-45-48(66)64-46(50(67)70-31-35-22-24-40(69-6)25-23-35)36(32-73-49(45)64)33-75-53-59-41-30-63(29-27-57)28-26-43(41)76-53;3-2(4,5)1(6)7/h7-26,28,30,34,45,49H,27,29,31-33H2,1-6H3,(H-,58,60,61,65);(H,6,7)/b62-44-;/t45?,49-;/m0./s1. The van der Waals surface area contributed by atoms with Crippen LogP contribution in [0, 0.1) is 0 Å². The summed E-state index contributed by atoms with van der Waals surface area (Å²) in [4.78, 5) is 82.8. The number of halogens is 4. The Morgan fingerprint density at radius 2 is 1.47 bits per heavy atom. The number of amides is 2. The number of oxime groups is 1. The first-order valence-corrected chi connectivity index (χ1v) is 29.2. The van der Waals surface area contributed by atoms with Crippen LogP contribution in [0.1, 0.15) is 62.6 Å². The van der Waals surface area contributed by atoms with Crippen molar-refractivity contribution in [3.05, 3.63) is 178 Å². The predicted octanol–water partition coefficient (Wildman–Crippen LogP) is 8.75. The molecule has 0 radical (unpaired) electrons. The van der Waals surface area contributed by atoms with Gasteiger partial charge in [0.05, 0.1) is 11.8 Å². The van der Waals surface area contributed by atoms with Crippen molar-refractivity contribution in [2.24, 2.45) is 5.16 Å². The van der Waals surface area contributed by atoms with E-state index in [4.69, 9.17) is 38.9 Å². The number of hydrogen-bond acceptors (Lipinski definition) is 18. The molecule has 1 saturated heterocycles. The van der Waals surface area contributed by atoms with E-state index in [1.165, 1.54) is 64.9 Å². The number of methoxy groups -OCH3 is 1. The van der Waals surface area contributed by atoms with E-state index < -0.39 is 70.7 Å². The minimum atomic E-state index is -5.19. The number of esters is 2. The van der Waals surface area contributed by atoms with Crippen LogP contribution < -0.4 is 25.0 Å². The Bertz CT molecular complexity index is 3430. The molecular weight excluding hydrogens is 1160 g/mol. The van der Waals surface area contributed by atoms with Gasteiger partial charge in [0.25, 0.3) is 11.8 Å². The van der Waals surface area contributed by atoms with Gasteiger partial charge in [-0.25, -0.2) is 28.5 Å². The van der Waals surface area contributed by atoms with Crippen LogP contribution in [0.4, 0.5) is 22.7 Å². The number of aromatic nitrogens is 3. The first-order valence-electron chi connectivity index (χ1n) is 25.5. The summed E-state index contributed by atoms with van der Waals surface area (Å²) in [6.45, 7) is 7.78. The van der Waals surface area contributed by atoms with Crippen molar-refractivity contribution in [1.29, 1.82) is 0 Å². The number of β-lactam (4-membered cyclic amide) rings is 1. The molecule has 83 heavy (non-hydrogen) atoms. The number of ether oxygens (including phenoxy) is 3. The van der Waals surface area contributed by atoms with Crippen molar-refractivity contribution in [3.63, 3.8) is 0 Å². The molecule has 0 saturated carbocycles. The number of thioether (sulfide) groups is 2. The highest BCUT2D eigenvalue weighted by atomic mass is 32.2. The van der Waals surface area contributed by atoms with Crippen LogP contribution in [0.25, 0.3) is 10.2 Å². The van der Waals surface area contributed by atoms with Crippen LogP contribution in [0.5, 0.6) is 5.75 Å². The number of carbonyl (C=O) groups excluding carboxylic acids is 5. The van der Waals surface area contributed by atoms with Crippen molar-refractivity contribution in [3.8, 4) is 5.75 Å². The summed E-state index contributed by atoms with van der Waals surface area (Å²) in [7, 11) is 1.56. The monoisotopic (exact) mass is 1210 g/mol. The van der Waals surface area contributed by atoms with Crippen LogP contribution in [0.2, 0.25) is 0 Å². The predicted molar refractivity (Wildman–Crippen MR) is 305 cm³/mol. The largest absolute Gasteiger partial charge is 0.542 e. The molecule has 2 amide bonds. The van der Waals surface area contributed by atoms with Gasteiger partial charge >= 0.3 is 18.1 Å². The van der Waals surface area contributed by atoms with Crippen LogP contribution in [0.15, 0.2) is 160 Å². The number of benzene rings is 4. The van der Waals surface area contributed by atoms with E-state index in [0.29, 0.717) is 33.5 Å². The zero-order valence-electron chi connectivity index (χ0n) is 45.4. The SMILES string of the molecule is COc1ccc(COC(=O)C2=C(CSc3nc4c[n+](CCF)ccc4s3)CS[C@H]3C(NC(=O)/C(=N\OC(C)(C)C(=O)OC(C)(C)C)c4csc(NC(c5ccccc5)(c5ccccc5)c5ccccc5)n4)C(=O)N23)cc1.O=C([O-])C(F)(F)F. The second kappa shape index (κ2) is 26.1. The summed E-state index contributed by atoms with van der Waals surface area (Å²) in [5.74, 6) is -4.51. The Hall–Kier alpha value is -7.87. The molecular formula is C58H55F4N7O10S4. The number of alkyl halides is 4. The van der Waals surface area contributed by atoms with Gasteiger partial charge in [0, 0.05) is 23.0 Å². The molecule has 2 aliphatic heterocycles. The zero-order chi connectivity index (χ0) is 59.7. The van der Waals surface area contributed by atoms with Gasteiger partial charge in [-0.1, -0.05) is 120 Å². The van der Waals surface area contributed by atoms with E-state index in [2.05, 4.69) is 15.8 Å². The van der Waals surface area contributed by atoms with E-state index in [9.17, 15) is 36.7 Å².